The number of aromatic nitrogens is 4. The molecule has 1 aromatic heterocycles. The molecular weight excluding hydrogens is 335 g/mol. The summed E-state index contributed by atoms with van der Waals surface area (Å²) in [6.07, 6.45) is 1.22. The van der Waals surface area contributed by atoms with Gasteiger partial charge in [0.2, 0.25) is 5.91 Å². The highest BCUT2D eigenvalue weighted by Crippen LogP contribution is 2.16. The van der Waals surface area contributed by atoms with Crippen LogP contribution in [-0.2, 0) is 11.2 Å². The van der Waals surface area contributed by atoms with Gasteiger partial charge in [-0.2, -0.15) is 0 Å². The fourth-order valence-electron chi connectivity index (χ4n) is 2.78. The summed E-state index contributed by atoms with van der Waals surface area (Å²) >= 11 is 0. The Kier molecular flexibility index (Phi) is 6.22. The Balaban J connectivity index is 0.00000208. The molecule has 2 N–H and O–H groups in total. The van der Waals surface area contributed by atoms with Gasteiger partial charge in [0.15, 0.2) is 0 Å². The molecule has 0 spiro atoms. The minimum atomic E-state index is -0.604. The van der Waals surface area contributed by atoms with Gasteiger partial charge in [-0.05, 0) is 48.0 Å². The van der Waals surface area contributed by atoms with E-state index in [0.29, 0.717) is 12.2 Å². The molecule has 2 heterocycles. The molecule has 130 valence electrons. The van der Waals surface area contributed by atoms with E-state index in [0.717, 1.165) is 25.1 Å². The third-order valence-corrected chi connectivity index (χ3v) is 3.98. The minimum Gasteiger partial charge on any atom is -0.350 e. The molecule has 7 nitrogen and oxygen atoms in total. The van der Waals surface area contributed by atoms with Crippen molar-refractivity contribution in [2.24, 2.45) is 0 Å². The number of nitrogens with one attached hydrogen (secondary N) is 2. The molecule has 0 radical (unpaired) electrons. The lowest BCUT2D eigenvalue weighted by molar-refractivity contribution is -0.125. The van der Waals surface area contributed by atoms with E-state index >= 15 is 0 Å². The molecule has 1 saturated heterocycles. The van der Waals surface area contributed by atoms with Crippen LogP contribution in [0.25, 0.3) is 0 Å². The number of carbonyl (C=O) groups excluding carboxylic acids is 1. The van der Waals surface area contributed by atoms with Crippen LogP contribution < -0.4 is 10.6 Å². The van der Waals surface area contributed by atoms with Crippen LogP contribution >= 0.6 is 12.4 Å². The third kappa shape index (κ3) is 4.27. The lowest BCUT2D eigenvalue weighted by Gasteiger charge is -2.20. The van der Waals surface area contributed by atoms with E-state index in [1.807, 2.05) is 0 Å². The second-order valence-electron chi connectivity index (χ2n) is 5.72. The van der Waals surface area contributed by atoms with E-state index in [-0.39, 0.29) is 30.2 Å². The van der Waals surface area contributed by atoms with Crippen molar-refractivity contribution in [2.45, 2.75) is 31.8 Å². The zero-order valence-electron chi connectivity index (χ0n) is 13.3. The van der Waals surface area contributed by atoms with E-state index in [4.69, 9.17) is 0 Å². The van der Waals surface area contributed by atoms with Crippen molar-refractivity contribution < 1.29 is 9.18 Å². The van der Waals surface area contributed by atoms with Gasteiger partial charge >= 0.3 is 0 Å². The first kappa shape index (κ1) is 18.3. The monoisotopic (exact) mass is 354 g/mol. The van der Waals surface area contributed by atoms with Gasteiger partial charge in [-0.15, -0.1) is 17.5 Å². The average Bonchev–Trinajstić information content (AvgIpc) is 3.16. The highest BCUT2D eigenvalue weighted by Gasteiger charge is 2.27. The Bertz CT molecular complexity index is 688. The summed E-state index contributed by atoms with van der Waals surface area (Å²) in [7, 11) is 0. The summed E-state index contributed by atoms with van der Waals surface area (Å²) < 4.78 is 14.9. The number of rotatable bonds is 5. The predicted molar refractivity (Wildman–Crippen MR) is 88.4 cm³/mol. The van der Waals surface area contributed by atoms with E-state index in [1.165, 1.54) is 16.8 Å². The van der Waals surface area contributed by atoms with Crippen LogP contribution in [0.2, 0.25) is 0 Å². The fourth-order valence-corrected chi connectivity index (χ4v) is 2.78. The first-order valence-electron chi connectivity index (χ1n) is 7.63. The maximum absolute atomic E-state index is 13.4. The van der Waals surface area contributed by atoms with Gasteiger partial charge in [-0.25, -0.2) is 9.07 Å². The molecule has 1 aliphatic rings. The number of carbonyl (C=O) groups is 1. The highest BCUT2D eigenvalue weighted by atomic mass is 35.5. The second kappa shape index (κ2) is 8.16. The smallest absolute Gasteiger partial charge is 0.245 e. The summed E-state index contributed by atoms with van der Waals surface area (Å²) in [6, 6.07) is 5.73. The van der Waals surface area contributed by atoms with Crippen LogP contribution in [0.5, 0.6) is 0 Å². The van der Waals surface area contributed by atoms with Crippen LogP contribution in [0.1, 0.15) is 23.9 Å². The summed E-state index contributed by atoms with van der Waals surface area (Å²) in [6.45, 7) is 3.39. The average molecular weight is 355 g/mol. The van der Waals surface area contributed by atoms with Gasteiger partial charge in [0.1, 0.15) is 17.7 Å². The number of tetrazole rings is 1. The summed E-state index contributed by atoms with van der Waals surface area (Å²) in [4.78, 5) is 12.7. The summed E-state index contributed by atoms with van der Waals surface area (Å²) in [5.41, 5.74) is 0.726. The normalized spacial score (nSPS) is 18.0. The maximum atomic E-state index is 13.4. The lowest BCUT2D eigenvalue weighted by atomic mass is 10.0. The van der Waals surface area contributed by atoms with Crippen LogP contribution in [0.3, 0.4) is 0 Å². The van der Waals surface area contributed by atoms with Gasteiger partial charge in [-0.1, -0.05) is 12.1 Å². The largest absolute Gasteiger partial charge is 0.350 e. The van der Waals surface area contributed by atoms with Gasteiger partial charge in [-0.3, -0.25) is 4.79 Å². The number of aryl methyl sites for hydroxylation is 1. The minimum absolute atomic E-state index is 0. The van der Waals surface area contributed by atoms with Crippen molar-refractivity contribution in [1.82, 2.24) is 30.8 Å². The Labute approximate surface area is 145 Å². The van der Waals surface area contributed by atoms with Crippen molar-refractivity contribution in [1.29, 1.82) is 0 Å². The molecule has 1 fully saturated rings. The highest BCUT2D eigenvalue weighted by molar-refractivity contribution is 5.85. The van der Waals surface area contributed by atoms with Gasteiger partial charge < -0.3 is 10.6 Å². The van der Waals surface area contributed by atoms with Crippen LogP contribution in [0.4, 0.5) is 4.39 Å². The van der Waals surface area contributed by atoms with Gasteiger partial charge in [0.05, 0.1) is 0 Å². The van der Waals surface area contributed by atoms with E-state index in [2.05, 4.69) is 26.2 Å². The molecule has 9 heteroatoms. The first-order valence-corrected chi connectivity index (χ1v) is 7.63. The second-order valence-corrected chi connectivity index (χ2v) is 5.72. The van der Waals surface area contributed by atoms with Gasteiger partial charge in [0, 0.05) is 19.0 Å². The predicted octanol–water partition coefficient (Wildman–Crippen LogP) is 0.804. The van der Waals surface area contributed by atoms with Crippen molar-refractivity contribution in [3.8, 4) is 0 Å². The zero-order chi connectivity index (χ0) is 16.2. The van der Waals surface area contributed by atoms with Crippen LogP contribution in [-0.4, -0.2) is 45.2 Å². The number of amides is 1. The SMILES string of the molecule is Cc1nnnn1C(Cc1cccc(F)c1)C(=O)NC1CCNC1.Cl. The Morgan fingerprint density at radius 3 is 3.00 bits per heavy atom. The van der Waals surface area contributed by atoms with E-state index in [9.17, 15) is 9.18 Å². The van der Waals surface area contributed by atoms with Crippen molar-refractivity contribution >= 4 is 18.3 Å². The van der Waals surface area contributed by atoms with Crippen molar-refractivity contribution in [3.05, 3.63) is 41.5 Å². The topological polar surface area (TPSA) is 84.7 Å². The summed E-state index contributed by atoms with van der Waals surface area (Å²) in [5.74, 6) is 0.0690. The van der Waals surface area contributed by atoms with Crippen molar-refractivity contribution in [2.75, 3.05) is 13.1 Å². The molecule has 1 aromatic carbocycles. The Morgan fingerprint density at radius 1 is 1.54 bits per heavy atom. The molecule has 1 aliphatic heterocycles. The molecular formula is C15H20ClFN6O. The molecule has 3 rings (SSSR count). The third-order valence-electron chi connectivity index (χ3n) is 3.98. The standard InChI is InChI=1S/C15H19FN6O.ClH/c1-10-19-20-21-22(10)14(8-11-3-2-4-12(16)7-11)15(23)18-13-5-6-17-9-13;/h2-4,7,13-14,17H,5-6,8-9H2,1H3,(H,18,23);1H. The fraction of sp³-hybridized carbons (Fsp3) is 0.467. The molecule has 2 aromatic rings. The number of halogens is 2. The number of benzene rings is 1. The molecule has 2 atom stereocenters. The number of nitrogens with zero attached hydrogens (tertiary/aromatic N) is 4. The van der Waals surface area contributed by atoms with Crippen LogP contribution in [0, 0.1) is 12.7 Å². The van der Waals surface area contributed by atoms with Crippen molar-refractivity contribution in [3.63, 3.8) is 0 Å². The van der Waals surface area contributed by atoms with E-state index < -0.39 is 6.04 Å². The molecule has 1 amide bonds. The molecule has 0 saturated carbocycles. The Morgan fingerprint density at radius 2 is 2.38 bits per heavy atom. The van der Waals surface area contributed by atoms with Gasteiger partial charge in [0.25, 0.3) is 0 Å². The summed E-state index contributed by atoms with van der Waals surface area (Å²) in [5, 5.41) is 17.6. The zero-order valence-corrected chi connectivity index (χ0v) is 14.1. The molecule has 0 bridgehead atoms. The first-order chi connectivity index (χ1) is 11.1. The quantitative estimate of drug-likeness (QED) is 0.829. The number of hydrogen-bond acceptors (Lipinski definition) is 5. The van der Waals surface area contributed by atoms with Crippen LogP contribution in [0.15, 0.2) is 24.3 Å². The Hall–Kier alpha value is -2.06. The molecule has 24 heavy (non-hydrogen) atoms. The number of hydrogen-bond donors (Lipinski definition) is 2. The molecule has 2 unspecified atom stereocenters. The lowest BCUT2D eigenvalue weighted by Crippen LogP contribution is -2.42. The maximum Gasteiger partial charge on any atom is 0.245 e. The van der Waals surface area contributed by atoms with E-state index in [1.54, 1.807) is 19.1 Å². The molecule has 0 aliphatic carbocycles.